The zero-order chi connectivity index (χ0) is 19.7. The van der Waals surface area contributed by atoms with Gasteiger partial charge in [-0.25, -0.2) is 4.98 Å². The summed E-state index contributed by atoms with van der Waals surface area (Å²) in [4.78, 5) is 21.7. The Morgan fingerprint density at radius 2 is 2.07 bits per heavy atom. The molecule has 0 fully saturated rings. The molecule has 0 saturated heterocycles. The quantitative estimate of drug-likeness (QED) is 0.627. The van der Waals surface area contributed by atoms with E-state index in [1.807, 2.05) is 38.1 Å². The zero-order valence-corrected chi connectivity index (χ0v) is 17.6. The van der Waals surface area contributed by atoms with Crippen molar-refractivity contribution in [2.45, 2.75) is 6.92 Å². The third kappa shape index (κ3) is 4.07. The normalized spacial score (nSPS) is 11.4. The van der Waals surface area contributed by atoms with Gasteiger partial charge in [-0.2, -0.15) is 0 Å². The molecule has 0 aliphatic carbocycles. The average molecular weight is 408 g/mol. The molecule has 1 aromatic carbocycles. The third-order valence-corrected chi connectivity index (χ3v) is 5.35. The van der Waals surface area contributed by atoms with E-state index in [0.29, 0.717) is 34.7 Å². The van der Waals surface area contributed by atoms with Crippen LogP contribution in [0.4, 0.5) is 5.13 Å². The van der Waals surface area contributed by atoms with E-state index in [1.54, 1.807) is 22.8 Å². The van der Waals surface area contributed by atoms with E-state index in [0.717, 1.165) is 15.8 Å². The highest BCUT2D eigenvalue weighted by Gasteiger charge is 2.26. The van der Waals surface area contributed by atoms with Crippen molar-refractivity contribution in [3.05, 3.63) is 34.5 Å². The van der Waals surface area contributed by atoms with Crippen LogP contribution < -0.4 is 9.64 Å². The Kier molecular flexibility index (Phi) is 5.69. The second kappa shape index (κ2) is 7.84. The molecule has 2 aromatic heterocycles. The first-order chi connectivity index (χ1) is 12.8. The topological polar surface area (TPSA) is 63.5 Å². The number of benzene rings is 1. The lowest BCUT2D eigenvalue weighted by Gasteiger charge is -2.21. The summed E-state index contributed by atoms with van der Waals surface area (Å²) in [6.45, 7) is 3.16. The molecule has 3 rings (SSSR count). The largest absolute Gasteiger partial charge is 0.479 e. The monoisotopic (exact) mass is 407 g/mol. The number of rotatable bonds is 6. The fraction of sp³-hybridized carbons (Fsp3) is 0.389. The van der Waals surface area contributed by atoms with E-state index in [4.69, 9.17) is 21.3 Å². The van der Waals surface area contributed by atoms with Crippen LogP contribution in [0, 0.1) is 6.92 Å². The summed E-state index contributed by atoms with van der Waals surface area (Å²) in [5.41, 5.74) is 2.26. The molecule has 0 saturated carbocycles. The highest BCUT2D eigenvalue weighted by Crippen LogP contribution is 2.34. The first-order valence-electron chi connectivity index (χ1n) is 8.41. The van der Waals surface area contributed by atoms with Gasteiger partial charge in [-0.05, 0) is 38.7 Å². The van der Waals surface area contributed by atoms with Gasteiger partial charge < -0.3 is 9.64 Å². The summed E-state index contributed by atoms with van der Waals surface area (Å²) in [6, 6.07) is 3.76. The smallest absolute Gasteiger partial charge is 0.267 e. The van der Waals surface area contributed by atoms with E-state index in [9.17, 15) is 4.79 Å². The maximum Gasteiger partial charge on any atom is 0.267 e. The summed E-state index contributed by atoms with van der Waals surface area (Å²) < 4.78 is 7.79. The number of likely N-dealkylation sites (N-methyl/N-ethyl adjacent to an activating group) is 1. The van der Waals surface area contributed by atoms with Crippen molar-refractivity contribution in [2.24, 2.45) is 7.05 Å². The minimum atomic E-state index is -0.190. The Hall–Kier alpha value is -2.16. The van der Waals surface area contributed by atoms with Crippen LogP contribution in [0.3, 0.4) is 0 Å². The van der Waals surface area contributed by atoms with Gasteiger partial charge in [0.25, 0.3) is 5.91 Å². The van der Waals surface area contributed by atoms with Crippen molar-refractivity contribution in [3.8, 4) is 5.88 Å². The van der Waals surface area contributed by atoms with Crippen molar-refractivity contribution in [1.29, 1.82) is 0 Å². The van der Waals surface area contributed by atoms with Crippen molar-refractivity contribution < 1.29 is 9.53 Å². The number of aryl methyl sites for hydroxylation is 2. The molecule has 3 aromatic rings. The molecule has 1 amide bonds. The Labute approximate surface area is 167 Å². The van der Waals surface area contributed by atoms with Gasteiger partial charge >= 0.3 is 0 Å². The number of hydrogen-bond donors (Lipinski definition) is 0. The number of amides is 1. The van der Waals surface area contributed by atoms with Gasteiger partial charge in [-0.15, -0.1) is 5.10 Å². The van der Waals surface area contributed by atoms with E-state index in [1.165, 1.54) is 18.4 Å². The van der Waals surface area contributed by atoms with Crippen LogP contribution in [0.1, 0.15) is 15.9 Å². The fourth-order valence-electron chi connectivity index (χ4n) is 2.75. The molecule has 27 heavy (non-hydrogen) atoms. The summed E-state index contributed by atoms with van der Waals surface area (Å²) in [6.07, 6.45) is 1.67. The van der Waals surface area contributed by atoms with Crippen LogP contribution in [-0.2, 0) is 7.05 Å². The first kappa shape index (κ1) is 19.6. The van der Waals surface area contributed by atoms with Gasteiger partial charge in [0.05, 0.1) is 17.3 Å². The van der Waals surface area contributed by atoms with Crippen LogP contribution in [0.5, 0.6) is 5.88 Å². The minimum absolute atomic E-state index is 0.190. The summed E-state index contributed by atoms with van der Waals surface area (Å²) in [7, 11) is 7.20. The van der Waals surface area contributed by atoms with E-state index < -0.39 is 0 Å². The van der Waals surface area contributed by atoms with Crippen LogP contribution in [0.2, 0.25) is 5.02 Å². The van der Waals surface area contributed by atoms with E-state index in [2.05, 4.69) is 5.10 Å². The highest BCUT2D eigenvalue weighted by atomic mass is 35.5. The number of carbonyl (C=O) groups is 1. The molecule has 0 bridgehead atoms. The lowest BCUT2D eigenvalue weighted by atomic mass is 10.2. The van der Waals surface area contributed by atoms with Gasteiger partial charge in [-0.3, -0.25) is 14.4 Å². The molecule has 0 spiro atoms. The number of carbonyl (C=O) groups excluding carboxylic acids is 1. The van der Waals surface area contributed by atoms with E-state index in [-0.39, 0.29) is 5.91 Å². The average Bonchev–Trinajstić information content (AvgIpc) is 3.18. The van der Waals surface area contributed by atoms with Crippen molar-refractivity contribution in [1.82, 2.24) is 19.7 Å². The lowest BCUT2D eigenvalue weighted by molar-refractivity contribution is 0.0982. The molecule has 2 heterocycles. The predicted molar refractivity (Wildman–Crippen MR) is 109 cm³/mol. The number of halogens is 1. The Balaban J connectivity index is 2.05. The molecular weight excluding hydrogens is 386 g/mol. The van der Waals surface area contributed by atoms with Gasteiger partial charge in [0.1, 0.15) is 5.56 Å². The van der Waals surface area contributed by atoms with Crippen LogP contribution >= 0.6 is 22.9 Å². The minimum Gasteiger partial charge on any atom is -0.479 e. The molecule has 7 nitrogen and oxygen atoms in total. The molecule has 0 radical (unpaired) electrons. The van der Waals surface area contributed by atoms with Gasteiger partial charge in [-0.1, -0.05) is 22.9 Å². The van der Waals surface area contributed by atoms with Crippen LogP contribution in [-0.4, -0.2) is 59.9 Å². The number of hydrogen-bond acceptors (Lipinski definition) is 6. The third-order valence-electron chi connectivity index (χ3n) is 4.10. The molecule has 0 aliphatic rings. The standard InChI is InChI=1S/C18H22ClN5O2S/c1-11-8-12(19)9-14-15(11)20-18(27-14)24(7-6-22(2)3)17(25)13-10-23(4)21-16(13)26-5/h8-10H,6-7H2,1-5H3. The number of nitrogens with zero attached hydrogens (tertiary/aromatic N) is 5. The van der Waals surface area contributed by atoms with E-state index >= 15 is 0 Å². The maximum atomic E-state index is 13.3. The van der Waals surface area contributed by atoms with Gasteiger partial charge in [0.15, 0.2) is 5.13 Å². The second-order valence-electron chi connectivity index (χ2n) is 6.55. The SMILES string of the molecule is COc1nn(C)cc1C(=O)N(CCN(C)C)c1nc2c(C)cc(Cl)cc2s1. The molecular formula is C18H22ClN5O2S. The number of ether oxygens (including phenoxy) is 1. The number of thiazole rings is 1. The van der Waals surface area contributed by atoms with Crippen molar-refractivity contribution in [2.75, 3.05) is 39.2 Å². The number of aromatic nitrogens is 3. The molecule has 0 aliphatic heterocycles. The summed E-state index contributed by atoms with van der Waals surface area (Å²) in [5, 5.41) is 5.49. The summed E-state index contributed by atoms with van der Waals surface area (Å²) >= 11 is 7.63. The number of anilines is 1. The lowest BCUT2D eigenvalue weighted by Crippen LogP contribution is -2.36. The molecule has 144 valence electrons. The van der Waals surface area contributed by atoms with Crippen LogP contribution in [0.15, 0.2) is 18.3 Å². The molecule has 0 N–H and O–H groups in total. The van der Waals surface area contributed by atoms with Crippen molar-refractivity contribution in [3.63, 3.8) is 0 Å². The maximum absolute atomic E-state index is 13.3. The van der Waals surface area contributed by atoms with Gasteiger partial charge in [0.2, 0.25) is 5.88 Å². The van der Waals surface area contributed by atoms with Crippen molar-refractivity contribution >= 4 is 44.2 Å². The summed E-state index contributed by atoms with van der Waals surface area (Å²) in [5.74, 6) is 0.113. The molecule has 9 heteroatoms. The molecule has 0 unspecified atom stereocenters. The Bertz CT molecular complexity index is 982. The number of fused-ring (bicyclic) bond motifs is 1. The highest BCUT2D eigenvalue weighted by molar-refractivity contribution is 7.22. The van der Waals surface area contributed by atoms with Gasteiger partial charge in [0, 0.05) is 31.4 Å². The Morgan fingerprint density at radius 1 is 1.33 bits per heavy atom. The predicted octanol–water partition coefficient (Wildman–Crippen LogP) is 3.21. The Morgan fingerprint density at radius 3 is 2.74 bits per heavy atom. The number of methoxy groups -OCH3 is 1. The zero-order valence-electron chi connectivity index (χ0n) is 16.0. The van der Waals surface area contributed by atoms with Crippen LogP contribution in [0.25, 0.3) is 10.2 Å². The molecule has 0 atom stereocenters. The fourth-order valence-corrected chi connectivity index (χ4v) is 4.20. The second-order valence-corrected chi connectivity index (χ2v) is 8.00. The first-order valence-corrected chi connectivity index (χ1v) is 9.60.